The third-order valence-corrected chi connectivity index (χ3v) is 1.04. The smallest absolute Gasteiger partial charge is 0.00398 e. The largest absolute Gasteiger partial charge is 0.0941 e. The summed E-state index contributed by atoms with van der Waals surface area (Å²) in [4.78, 5) is 0. The van der Waals surface area contributed by atoms with Gasteiger partial charge in [0.2, 0.25) is 0 Å². The number of rotatable bonds is 3. The summed E-state index contributed by atoms with van der Waals surface area (Å²) in [5.41, 5.74) is 0. The van der Waals surface area contributed by atoms with Gasteiger partial charge in [-0.3, -0.25) is 0 Å². The molecule has 7 heavy (non-hydrogen) atoms. The number of unbranched alkanes of at least 4 members (excludes halogenated alkanes) is 1. The molecule has 0 heterocycles. The van der Waals surface area contributed by atoms with Crippen molar-refractivity contribution in [2.24, 2.45) is 0 Å². The average Bonchev–Trinajstić information content (AvgIpc) is 1.69. The van der Waals surface area contributed by atoms with Crippen LogP contribution in [0.3, 0.4) is 0 Å². The highest BCUT2D eigenvalue weighted by atomic mass is 32.1. The Kier molecular flexibility index (Phi) is 6.17. The molecule has 0 amide bonds. The van der Waals surface area contributed by atoms with Crippen molar-refractivity contribution >= 4 is 12.6 Å². The van der Waals surface area contributed by atoms with Gasteiger partial charge in [-0.05, 0) is 19.8 Å². The zero-order chi connectivity index (χ0) is 5.54. The summed E-state index contributed by atoms with van der Waals surface area (Å²) in [5.74, 6) is 0.893. The average molecular weight is 115 g/mol. The Balaban J connectivity index is 2.69. The first-order valence-corrected chi connectivity index (χ1v) is 3.18. The van der Waals surface area contributed by atoms with E-state index >= 15 is 0 Å². The van der Waals surface area contributed by atoms with Crippen molar-refractivity contribution in [3.8, 4) is 0 Å². The van der Waals surface area contributed by atoms with Gasteiger partial charge in [0.15, 0.2) is 0 Å². The Labute approximate surface area is 51.0 Å². The maximum atomic E-state index is 4.73. The highest BCUT2D eigenvalue weighted by Crippen LogP contribution is 1.91. The van der Waals surface area contributed by atoms with Crippen LogP contribution in [0.5, 0.6) is 0 Å². The minimum atomic E-state index is 0.893. The summed E-state index contributed by atoms with van der Waals surface area (Å²) in [7, 11) is 0. The predicted molar refractivity (Wildman–Crippen MR) is 36.5 cm³/mol. The summed E-state index contributed by atoms with van der Waals surface area (Å²) < 4.78 is 0. The van der Waals surface area contributed by atoms with Crippen molar-refractivity contribution in [3.05, 3.63) is 12.2 Å². The minimum absolute atomic E-state index is 0.893. The van der Waals surface area contributed by atoms with Crippen molar-refractivity contribution in [1.29, 1.82) is 0 Å². The molecule has 0 aliphatic heterocycles. The fourth-order valence-corrected chi connectivity index (χ4v) is 0.535. The predicted octanol–water partition coefficient (Wildman–Crippen LogP) is 2.54. The molecule has 0 aromatic heterocycles. The third-order valence-electron chi connectivity index (χ3n) is 0.751. The molecule has 1 radical (unpaired) electrons. The van der Waals surface area contributed by atoms with Crippen molar-refractivity contribution in [1.82, 2.24) is 0 Å². The molecule has 0 N–H and O–H groups in total. The van der Waals surface area contributed by atoms with Crippen molar-refractivity contribution < 1.29 is 0 Å². The first kappa shape index (κ1) is 7.09. The van der Waals surface area contributed by atoms with Crippen LogP contribution in [0.2, 0.25) is 0 Å². The van der Waals surface area contributed by atoms with E-state index < -0.39 is 0 Å². The first-order chi connectivity index (χ1) is 3.41. The summed E-state index contributed by atoms with van der Waals surface area (Å²) >= 11 is 4.73. The number of hydrogen-bond acceptors (Lipinski definition) is 0. The number of allylic oxidation sites excluding steroid dienone is 2. The summed E-state index contributed by atoms with van der Waals surface area (Å²) in [6.45, 7) is 2.03. The second kappa shape index (κ2) is 6.09. The Morgan fingerprint density at radius 1 is 1.57 bits per heavy atom. The molecule has 41 valence electrons. The van der Waals surface area contributed by atoms with Crippen LogP contribution in [-0.4, -0.2) is 5.75 Å². The zero-order valence-electron chi connectivity index (χ0n) is 4.68. The minimum Gasteiger partial charge on any atom is -0.0941 e. The lowest BCUT2D eigenvalue weighted by Gasteiger charge is -1.82. The van der Waals surface area contributed by atoms with Crippen LogP contribution in [0.4, 0.5) is 0 Å². The highest BCUT2D eigenvalue weighted by Gasteiger charge is 1.74. The lowest BCUT2D eigenvalue weighted by Crippen LogP contribution is -1.68. The van der Waals surface area contributed by atoms with Gasteiger partial charge in [0.1, 0.15) is 0 Å². The SMILES string of the molecule is CC=CCCC[S]. The maximum absolute atomic E-state index is 4.73. The first-order valence-electron chi connectivity index (χ1n) is 2.61. The van der Waals surface area contributed by atoms with Gasteiger partial charge in [0.05, 0.1) is 0 Å². The molecule has 0 spiro atoms. The van der Waals surface area contributed by atoms with Gasteiger partial charge >= 0.3 is 0 Å². The molecule has 0 aliphatic carbocycles. The van der Waals surface area contributed by atoms with E-state index in [2.05, 4.69) is 12.2 Å². The second-order valence-corrected chi connectivity index (χ2v) is 1.82. The van der Waals surface area contributed by atoms with Crippen LogP contribution in [-0.2, 0) is 0 Å². The Morgan fingerprint density at radius 2 is 2.29 bits per heavy atom. The van der Waals surface area contributed by atoms with Crippen molar-refractivity contribution in [3.63, 3.8) is 0 Å². The standard InChI is InChI=1S/C6H11S/c1-2-3-4-5-6-7/h2-3H,4-6H2,1H3. The Hall–Kier alpha value is 0.0900. The molecule has 0 aromatic carbocycles. The van der Waals surface area contributed by atoms with Gasteiger partial charge in [0, 0.05) is 5.75 Å². The fourth-order valence-electron chi connectivity index (χ4n) is 0.368. The monoisotopic (exact) mass is 115 g/mol. The summed E-state index contributed by atoms with van der Waals surface area (Å²) in [6.07, 6.45) is 6.51. The molecule has 0 saturated heterocycles. The quantitative estimate of drug-likeness (QED) is 0.391. The van der Waals surface area contributed by atoms with Gasteiger partial charge < -0.3 is 0 Å². The molecular formula is C6H11S. The van der Waals surface area contributed by atoms with E-state index in [-0.39, 0.29) is 0 Å². The van der Waals surface area contributed by atoms with E-state index in [1.54, 1.807) is 0 Å². The molecule has 0 atom stereocenters. The second-order valence-electron chi connectivity index (χ2n) is 1.42. The molecule has 0 aliphatic rings. The molecule has 0 fully saturated rings. The topological polar surface area (TPSA) is 0 Å². The summed E-state index contributed by atoms with van der Waals surface area (Å²) in [6, 6.07) is 0. The molecule has 0 rings (SSSR count). The third kappa shape index (κ3) is 6.09. The maximum Gasteiger partial charge on any atom is 0.00398 e. The van der Waals surface area contributed by atoms with Crippen molar-refractivity contribution in [2.75, 3.05) is 5.75 Å². The van der Waals surface area contributed by atoms with Gasteiger partial charge in [-0.1, -0.05) is 24.8 Å². The molecule has 0 aromatic rings. The fraction of sp³-hybridized carbons (Fsp3) is 0.667. The normalized spacial score (nSPS) is 10.6. The van der Waals surface area contributed by atoms with Crippen LogP contribution in [0.1, 0.15) is 19.8 Å². The van der Waals surface area contributed by atoms with Gasteiger partial charge in [0.25, 0.3) is 0 Å². The Morgan fingerprint density at radius 3 is 2.71 bits per heavy atom. The van der Waals surface area contributed by atoms with Gasteiger partial charge in [-0.25, -0.2) is 0 Å². The van der Waals surface area contributed by atoms with Crippen LogP contribution in [0, 0.1) is 0 Å². The van der Waals surface area contributed by atoms with E-state index in [1.807, 2.05) is 6.92 Å². The van der Waals surface area contributed by atoms with E-state index in [1.165, 1.54) is 0 Å². The van der Waals surface area contributed by atoms with E-state index in [0.29, 0.717) is 0 Å². The highest BCUT2D eigenvalue weighted by molar-refractivity contribution is 7.80. The van der Waals surface area contributed by atoms with E-state index in [0.717, 1.165) is 18.6 Å². The summed E-state index contributed by atoms with van der Waals surface area (Å²) in [5, 5.41) is 0. The van der Waals surface area contributed by atoms with Crippen LogP contribution >= 0.6 is 12.6 Å². The lowest BCUT2D eigenvalue weighted by atomic mass is 10.3. The van der Waals surface area contributed by atoms with E-state index in [4.69, 9.17) is 12.6 Å². The zero-order valence-corrected chi connectivity index (χ0v) is 5.50. The van der Waals surface area contributed by atoms with Crippen LogP contribution in [0.15, 0.2) is 12.2 Å². The molecule has 0 unspecified atom stereocenters. The van der Waals surface area contributed by atoms with Crippen LogP contribution < -0.4 is 0 Å². The molecule has 0 nitrogen and oxygen atoms in total. The van der Waals surface area contributed by atoms with Gasteiger partial charge in [-0.2, -0.15) is 0 Å². The molecule has 0 saturated carbocycles. The van der Waals surface area contributed by atoms with Crippen molar-refractivity contribution in [2.45, 2.75) is 19.8 Å². The number of hydrogen-bond donors (Lipinski definition) is 0. The Bertz CT molecular complexity index is 48.1. The lowest BCUT2D eigenvalue weighted by molar-refractivity contribution is 0.973. The van der Waals surface area contributed by atoms with Crippen LogP contribution in [0.25, 0.3) is 0 Å². The van der Waals surface area contributed by atoms with E-state index in [9.17, 15) is 0 Å². The van der Waals surface area contributed by atoms with Gasteiger partial charge in [-0.15, -0.1) is 0 Å². The molecule has 1 heteroatoms. The molecular weight excluding hydrogens is 104 g/mol. The molecule has 0 bridgehead atoms.